The topological polar surface area (TPSA) is 69.6 Å². The van der Waals surface area contributed by atoms with E-state index in [1.54, 1.807) is 0 Å². The van der Waals surface area contributed by atoms with Crippen LogP contribution in [0.3, 0.4) is 0 Å². The van der Waals surface area contributed by atoms with Crippen LogP contribution in [0.25, 0.3) is 0 Å². The summed E-state index contributed by atoms with van der Waals surface area (Å²) in [5, 5.41) is 11.9. The second-order valence-electron chi connectivity index (χ2n) is 6.12. The molecule has 0 bridgehead atoms. The summed E-state index contributed by atoms with van der Waals surface area (Å²) in [6.45, 7) is 7.23. The first-order valence-corrected chi connectivity index (χ1v) is 7.73. The standard InChI is InChI=1S/C15H28N2O3/c1-4-5-12(14(18)19)10-16-15(20)17(13-6-7-13)9-8-11(2)3/h11-13H,4-10H2,1-3H3,(H,16,20)(H,18,19). The van der Waals surface area contributed by atoms with Crippen LogP contribution in [0.4, 0.5) is 4.79 Å². The van der Waals surface area contributed by atoms with Crippen molar-refractivity contribution in [3.8, 4) is 0 Å². The van der Waals surface area contributed by atoms with Gasteiger partial charge in [-0.1, -0.05) is 27.2 Å². The molecule has 1 atom stereocenters. The van der Waals surface area contributed by atoms with Crippen molar-refractivity contribution in [1.29, 1.82) is 0 Å². The molecule has 0 heterocycles. The molecule has 20 heavy (non-hydrogen) atoms. The Morgan fingerprint density at radius 2 is 1.95 bits per heavy atom. The van der Waals surface area contributed by atoms with E-state index in [-0.39, 0.29) is 12.6 Å². The fraction of sp³-hybridized carbons (Fsp3) is 0.867. The molecule has 0 aromatic rings. The van der Waals surface area contributed by atoms with Gasteiger partial charge in [-0.05, 0) is 31.6 Å². The smallest absolute Gasteiger partial charge is 0.317 e. The van der Waals surface area contributed by atoms with Crippen LogP contribution in [0.15, 0.2) is 0 Å². The number of carbonyl (C=O) groups is 2. The summed E-state index contributed by atoms with van der Waals surface area (Å²) in [4.78, 5) is 25.1. The average molecular weight is 284 g/mol. The van der Waals surface area contributed by atoms with Crippen LogP contribution in [0.1, 0.15) is 52.9 Å². The number of aliphatic carboxylic acids is 1. The fourth-order valence-electron chi connectivity index (χ4n) is 2.21. The number of carboxylic acids is 1. The molecule has 0 aliphatic heterocycles. The number of carbonyl (C=O) groups excluding carboxylic acids is 1. The van der Waals surface area contributed by atoms with E-state index < -0.39 is 11.9 Å². The Balaban J connectivity index is 2.42. The molecular weight excluding hydrogens is 256 g/mol. The lowest BCUT2D eigenvalue weighted by atomic mass is 10.0. The van der Waals surface area contributed by atoms with Crippen molar-refractivity contribution in [3.05, 3.63) is 0 Å². The summed E-state index contributed by atoms with van der Waals surface area (Å²) in [5.41, 5.74) is 0. The van der Waals surface area contributed by atoms with E-state index in [4.69, 9.17) is 5.11 Å². The molecule has 1 aliphatic carbocycles. The number of urea groups is 1. The molecule has 1 saturated carbocycles. The highest BCUT2D eigenvalue weighted by molar-refractivity contribution is 5.76. The minimum absolute atomic E-state index is 0.101. The van der Waals surface area contributed by atoms with Gasteiger partial charge in [-0.15, -0.1) is 0 Å². The number of rotatable bonds is 9. The van der Waals surface area contributed by atoms with Crippen LogP contribution in [0.2, 0.25) is 0 Å². The number of carboxylic acid groups (broad SMARTS) is 1. The minimum Gasteiger partial charge on any atom is -0.481 e. The van der Waals surface area contributed by atoms with Crippen molar-refractivity contribution < 1.29 is 14.7 Å². The maximum atomic E-state index is 12.2. The number of nitrogens with one attached hydrogen (secondary N) is 1. The van der Waals surface area contributed by atoms with E-state index in [0.29, 0.717) is 18.4 Å². The van der Waals surface area contributed by atoms with Crippen molar-refractivity contribution in [2.45, 2.75) is 58.9 Å². The van der Waals surface area contributed by atoms with Gasteiger partial charge >= 0.3 is 12.0 Å². The third-order valence-corrected chi connectivity index (χ3v) is 3.68. The molecule has 0 saturated heterocycles. The number of nitrogens with zero attached hydrogens (tertiary/aromatic N) is 1. The lowest BCUT2D eigenvalue weighted by molar-refractivity contribution is -0.141. The minimum atomic E-state index is -0.827. The van der Waals surface area contributed by atoms with Crippen molar-refractivity contribution in [1.82, 2.24) is 10.2 Å². The molecule has 1 unspecified atom stereocenters. The monoisotopic (exact) mass is 284 g/mol. The van der Waals surface area contributed by atoms with Crippen molar-refractivity contribution in [2.24, 2.45) is 11.8 Å². The Hall–Kier alpha value is -1.26. The maximum Gasteiger partial charge on any atom is 0.317 e. The van der Waals surface area contributed by atoms with Gasteiger partial charge in [0.1, 0.15) is 0 Å². The fourth-order valence-corrected chi connectivity index (χ4v) is 2.21. The Morgan fingerprint density at radius 1 is 1.30 bits per heavy atom. The zero-order valence-corrected chi connectivity index (χ0v) is 12.9. The first kappa shape index (κ1) is 16.8. The largest absolute Gasteiger partial charge is 0.481 e. The first-order chi connectivity index (χ1) is 9.45. The summed E-state index contributed by atoms with van der Waals surface area (Å²) in [7, 11) is 0. The molecule has 5 nitrogen and oxygen atoms in total. The number of amides is 2. The zero-order valence-electron chi connectivity index (χ0n) is 12.9. The van der Waals surface area contributed by atoms with Crippen LogP contribution in [-0.2, 0) is 4.79 Å². The van der Waals surface area contributed by atoms with Gasteiger partial charge in [0.25, 0.3) is 0 Å². The highest BCUT2D eigenvalue weighted by atomic mass is 16.4. The molecule has 0 spiro atoms. The summed E-state index contributed by atoms with van der Waals surface area (Å²) in [5.74, 6) is -0.738. The third kappa shape index (κ3) is 5.80. The van der Waals surface area contributed by atoms with Crippen LogP contribution < -0.4 is 5.32 Å². The van der Waals surface area contributed by atoms with Gasteiger partial charge in [0.15, 0.2) is 0 Å². The van der Waals surface area contributed by atoms with Crippen LogP contribution in [0.5, 0.6) is 0 Å². The van der Waals surface area contributed by atoms with Gasteiger partial charge in [0.2, 0.25) is 0 Å². The van der Waals surface area contributed by atoms with E-state index >= 15 is 0 Å². The third-order valence-electron chi connectivity index (χ3n) is 3.68. The van der Waals surface area contributed by atoms with Gasteiger partial charge < -0.3 is 15.3 Å². The normalized spacial score (nSPS) is 16.0. The molecule has 0 aromatic carbocycles. The van der Waals surface area contributed by atoms with E-state index in [1.807, 2.05) is 11.8 Å². The molecule has 5 heteroatoms. The van der Waals surface area contributed by atoms with Crippen molar-refractivity contribution in [3.63, 3.8) is 0 Å². The molecule has 0 radical (unpaired) electrons. The van der Waals surface area contributed by atoms with E-state index in [1.165, 1.54) is 0 Å². The van der Waals surface area contributed by atoms with Gasteiger partial charge in [-0.2, -0.15) is 0 Å². The second-order valence-corrected chi connectivity index (χ2v) is 6.12. The Morgan fingerprint density at radius 3 is 2.40 bits per heavy atom. The van der Waals surface area contributed by atoms with Gasteiger partial charge in [-0.25, -0.2) is 4.79 Å². The average Bonchev–Trinajstić information content (AvgIpc) is 3.18. The van der Waals surface area contributed by atoms with Crippen LogP contribution >= 0.6 is 0 Å². The molecule has 2 amide bonds. The first-order valence-electron chi connectivity index (χ1n) is 7.73. The van der Waals surface area contributed by atoms with E-state index in [2.05, 4.69) is 19.2 Å². The maximum absolute atomic E-state index is 12.2. The summed E-state index contributed by atoms with van der Waals surface area (Å²) in [6, 6.07) is 0.263. The van der Waals surface area contributed by atoms with Crippen molar-refractivity contribution >= 4 is 12.0 Å². The quantitative estimate of drug-likeness (QED) is 0.684. The molecule has 1 fully saturated rings. The lowest BCUT2D eigenvalue weighted by Gasteiger charge is -2.24. The van der Waals surface area contributed by atoms with Gasteiger partial charge in [0.05, 0.1) is 5.92 Å². The highest BCUT2D eigenvalue weighted by Crippen LogP contribution is 2.27. The molecule has 116 valence electrons. The summed E-state index contributed by atoms with van der Waals surface area (Å²) in [6.07, 6.45) is 4.55. The summed E-state index contributed by atoms with van der Waals surface area (Å²) < 4.78 is 0. The molecular formula is C15H28N2O3. The Kier molecular flexibility index (Phi) is 6.82. The molecule has 1 rings (SSSR count). The Bertz CT molecular complexity index is 327. The second kappa shape index (κ2) is 8.12. The van der Waals surface area contributed by atoms with Crippen LogP contribution in [-0.4, -0.2) is 41.1 Å². The predicted molar refractivity (Wildman–Crippen MR) is 78.6 cm³/mol. The molecule has 2 N–H and O–H groups in total. The summed E-state index contributed by atoms with van der Waals surface area (Å²) >= 11 is 0. The number of hydrogen-bond acceptors (Lipinski definition) is 2. The predicted octanol–water partition coefficient (Wildman–Crippen LogP) is 2.71. The van der Waals surface area contributed by atoms with Gasteiger partial charge in [-0.3, -0.25) is 4.79 Å². The van der Waals surface area contributed by atoms with Crippen LogP contribution in [0, 0.1) is 11.8 Å². The molecule has 0 aromatic heterocycles. The SMILES string of the molecule is CCCC(CNC(=O)N(CCC(C)C)C1CC1)C(=O)O. The highest BCUT2D eigenvalue weighted by Gasteiger charge is 2.32. The van der Waals surface area contributed by atoms with E-state index in [9.17, 15) is 9.59 Å². The van der Waals surface area contributed by atoms with E-state index in [0.717, 1.165) is 32.2 Å². The van der Waals surface area contributed by atoms with Gasteiger partial charge in [0, 0.05) is 19.1 Å². The molecule has 1 aliphatic rings. The number of hydrogen-bond donors (Lipinski definition) is 2. The Labute approximate surface area is 121 Å². The zero-order chi connectivity index (χ0) is 15.1. The van der Waals surface area contributed by atoms with Crippen molar-refractivity contribution in [2.75, 3.05) is 13.1 Å². The lowest BCUT2D eigenvalue weighted by Crippen LogP contribution is -2.44.